The molecule has 4 heterocycles. The first-order valence-corrected chi connectivity index (χ1v) is 10.2. The molecule has 1 aromatic rings. The number of hydrogen-bond donors (Lipinski definition) is 0. The molecule has 0 unspecified atom stereocenters. The molecule has 1 atom stereocenters. The maximum absolute atomic E-state index is 13.0. The molecule has 0 spiro atoms. The van der Waals surface area contributed by atoms with Gasteiger partial charge in [-0.2, -0.15) is 0 Å². The number of carbonyl (C=O) groups excluding carboxylic acids is 2. The molecule has 7 heteroatoms. The van der Waals surface area contributed by atoms with Crippen LogP contribution in [0.25, 0.3) is 0 Å². The number of furan rings is 1. The van der Waals surface area contributed by atoms with Crippen LogP contribution in [0, 0.1) is 5.92 Å². The normalized spacial score (nSPS) is 25.6. The Morgan fingerprint density at radius 2 is 1.70 bits per heavy atom. The van der Waals surface area contributed by atoms with E-state index in [0.29, 0.717) is 38.0 Å². The van der Waals surface area contributed by atoms with Crippen LogP contribution in [-0.4, -0.2) is 85.0 Å². The highest BCUT2D eigenvalue weighted by molar-refractivity contribution is 5.91. The molecular formula is C20H29N3O4. The van der Waals surface area contributed by atoms with Crippen LogP contribution in [0.4, 0.5) is 0 Å². The Bertz CT molecular complexity index is 634. The van der Waals surface area contributed by atoms with E-state index in [-0.39, 0.29) is 17.7 Å². The minimum absolute atomic E-state index is 0.0875. The van der Waals surface area contributed by atoms with Crippen LogP contribution in [0.3, 0.4) is 0 Å². The Balaban J connectivity index is 1.29. The van der Waals surface area contributed by atoms with Gasteiger partial charge in [-0.05, 0) is 44.4 Å². The smallest absolute Gasteiger partial charge is 0.289 e. The van der Waals surface area contributed by atoms with E-state index >= 15 is 0 Å². The molecular weight excluding hydrogens is 346 g/mol. The summed E-state index contributed by atoms with van der Waals surface area (Å²) < 4.78 is 10.7. The fourth-order valence-corrected chi connectivity index (χ4v) is 4.53. The summed E-state index contributed by atoms with van der Waals surface area (Å²) in [5.41, 5.74) is 0. The van der Waals surface area contributed by atoms with E-state index in [9.17, 15) is 9.59 Å². The quantitative estimate of drug-likeness (QED) is 0.800. The molecule has 3 aliphatic rings. The number of amides is 2. The van der Waals surface area contributed by atoms with E-state index in [1.807, 2.05) is 4.90 Å². The number of rotatable bonds is 3. The molecule has 3 aliphatic heterocycles. The molecule has 0 N–H and O–H groups in total. The van der Waals surface area contributed by atoms with Crippen LogP contribution in [0.5, 0.6) is 0 Å². The lowest BCUT2D eigenvalue weighted by molar-refractivity contribution is -0.139. The van der Waals surface area contributed by atoms with E-state index in [2.05, 4.69) is 4.90 Å². The molecule has 7 nitrogen and oxygen atoms in total. The number of piperazine rings is 1. The molecule has 4 rings (SSSR count). The van der Waals surface area contributed by atoms with Gasteiger partial charge in [-0.1, -0.05) is 0 Å². The van der Waals surface area contributed by atoms with Gasteiger partial charge < -0.3 is 19.0 Å². The Morgan fingerprint density at radius 1 is 0.963 bits per heavy atom. The Morgan fingerprint density at radius 3 is 2.41 bits per heavy atom. The fraction of sp³-hybridized carbons (Fsp3) is 0.700. The van der Waals surface area contributed by atoms with E-state index in [0.717, 1.165) is 52.0 Å². The first kappa shape index (κ1) is 18.5. The molecule has 0 aromatic carbocycles. The molecule has 0 bridgehead atoms. The maximum Gasteiger partial charge on any atom is 0.289 e. The Kier molecular flexibility index (Phi) is 5.78. The SMILES string of the molecule is O=C(c1ccco1)N1CCN(C(=O)[C@H]2CCCN(C3CCOCC3)C2)CC1. The van der Waals surface area contributed by atoms with Crippen molar-refractivity contribution in [2.24, 2.45) is 5.92 Å². The van der Waals surface area contributed by atoms with Crippen LogP contribution < -0.4 is 0 Å². The van der Waals surface area contributed by atoms with Crippen molar-refractivity contribution in [2.75, 3.05) is 52.5 Å². The van der Waals surface area contributed by atoms with Crippen molar-refractivity contribution in [2.45, 2.75) is 31.7 Å². The highest BCUT2D eigenvalue weighted by atomic mass is 16.5. The summed E-state index contributed by atoms with van der Waals surface area (Å²) >= 11 is 0. The van der Waals surface area contributed by atoms with Crippen molar-refractivity contribution < 1.29 is 18.7 Å². The zero-order valence-electron chi connectivity index (χ0n) is 15.8. The van der Waals surface area contributed by atoms with Gasteiger partial charge in [-0.15, -0.1) is 0 Å². The van der Waals surface area contributed by atoms with E-state index in [1.54, 1.807) is 17.0 Å². The van der Waals surface area contributed by atoms with Gasteiger partial charge in [0.05, 0.1) is 12.2 Å². The van der Waals surface area contributed by atoms with E-state index in [4.69, 9.17) is 9.15 Å². The van der Waals surface area contributed by atoms with Crippen LogP contribution in [0.15, 0.2) is 22.8 Å². The highest BCUT2D eigenvalue weighted by Gasteiger charge is 2.34. The largest absolute Gasteiger partial charge is 0.459 e. The lowest BCUT2D eigenvalue weighted by Crippen LogP contribution is -2.54. The summed E-state index contributed by atoms with van der Waals surface area (Å²) in [5, 5.41) is 0. The number of hydrogen-bond acceptors (Lipinski definition) is 5. The zero-order chi connectivity index (χ0) is 18.6. The van der Waals surface area contributed by atoms with Crippen LogP contribution in [0.2, 0.25) is 0 Å². The monoisotopic (exact) mass is 375 g/mol. The minimum atomic E-state index is -0.0875. The fourth-order valence-electron chi connectivity index (χ4n) is 4.53. The van der Waals surface area contributed by atoms with Crippen molar-refractivity contribution in [3.8, 4) is 0 Å². The summed E-state index contributed by atoms with van der Waals surface area (Å²) in [4.78, 5) is 31.6. The van der Waals surface area contributed by atoms with Crippen molar-refractivity contribution >= 4 is 11.8 Å². The molecule has 148 valence electrons. The lowest BCUT2D eigenvalue weighted by atomic mass is 9.93. The van der Waals surface area contributed by atoms with Crippen molar-refractivity contribution in [1.29, 1.82) is 0 Å². The van der Waals surface area contributed by atoms with Gasteiger partial charge in [-0.3, -0.25) is 14.5 Å². The number of piperidine rings is 1. The molecule has 3 fully saturated rings. The Hall–Kier alpha value is -1.86. The topological polar surface area (TPSA) is 66.2 Å². The first-order valence-electron chi connectivity index (χ1n) is 10.2. The van der Waals surface area contributed by atoms with Gasteiger partial charge in [0.25, 0.3) is 5.91 Å². The van der Waals surface area contributed by atoms with Gasteiger partial charge >= 0.3 is 0 Å². The summed E-state index contributed by atoms with van der Waals surface area (Å²) in [7, 11) is 0. The second-order valence-corrected chi connectivity index (χ2v) is 7.77. The molecule has 0 radical (unpaired) electrons. The zero-order valence-corrected chi connectivity index (χ0v) is 15.8. The second kappa shape index (κ2) is 8.44. The predicted octanol–water partition coefficient (Wildman–Crippen LogP) is 1.45. The molecule has 2 amide bonds. The summed E-state index contributed by atoms with van der Waals surface area (Å²) in [6.45, 7) is 6.01. The van der Waals surface area contributed by atoms with Gasteiger partial charge in [0.1, 0.15) is 0 Å². The van der Waals surface area contributed by atoms with Gasteiger partial charge in [0.2, 0.25) is 5.91 Å². The number of likely N-dealkylation sites (tertiary alicyclic amines) is 1. The number of nitrogens with zero attached hydrogens (tertiary/aromatic N) is 3. The van der Waals surface area contributed by atoms with Crippen LogP contribution >= 0.6 is 0 Å². The number of carbonyl (C=O) groups is 2. The van der Waals surface area contributed by atoms with Gasteiger partial charge in [-0.25, -0.2) is 0 Å². The third kappa shape index (κ3) is 4.19. The molecule has 0 aliphatic carbocycles. The minimum Gasteiger partial charge on any atom is -0.459 e. The summed E-state index contributed by atoms with van der Waals surface area (Å²) in [6.07, 6.45) is 5.73. The van der Waals surface area contributed by atoms with E-state index in [1.165, 1.54) is 6.26 Å². The predicted molar refractivity (Wildman–Crippen MR) is 99.3 cm³/mol. The summed E-state index contributed by atoms with van der Waals surface area (Å²) in [6, 6.07) is 3.98. The summed E-state index contributed by atoms with van der Waals surface area (Å²) in [5.74, 6) is 0.635. The number of ether oxygens (including phenoxy) is 1. The second-order valence-electron chi connectivity index (χ2n) is 7.77. The van der Waals surface area contributed by atoms with Crippen LogP contribution in [0.1, 0.15) is 36.2 Å². The standard InChI is InChI=1S/C20H29N3O4/c24-19(16-3-1-7-23(15-16)17-5-13-26-14-6-17)21-8-10-22(11-9-21)20(25)18-4-2-12-27-18/h2,4,12,16-17H,1,3,5-11,13-15H2/t16-/m0/s1. The molecule has 1 aromatic heterocycles. The third-order valence-corrected chi connectivity index (χ3v) is 6.12. The molecule has 0 saturated carbocycles. The van der Waals surface area contributed by atoms with Crippen molar-refractivity contribution in [1.82, 2.24) is 14.7 Å². The van der Waals surface area contributed by atoms with Gasteiger partial charge in [0.15, 0.2) is 5.76 Å². The molecule has 27 heavy (non-hydrogen) atoms. The average Bonchev–Trinajstić information content (AvgIpc) is 3.28. The first-order chi connectivity index (χ1) is 13.2. The lowest BCUT2D eigenvalue weighted by Gasteiger charge is -2.42. The van der Waals surface area contributed by atoms with Crippen molar-refractivity contribution in [3.05, 3.63) is 24.2 Å². The molecule has 3 saturated heterocycles. The maximum atomic E-state index is 13.0. The van der Waals surface area contributed by atoms with Gasteiger partial charge in [0, 0.05) is 52.0 Å². The van der Waals surface area contributed by atoms with E-state index < -0.39 is 0 Å². The average molecular weight is 375 g/mol. The van der Waals surface area contributed by atoms with Crippen LogP contribution in [-0.2, 0) is 9.53 Å². The third-order valence-electron chi connectivity index (χ3n) is 6.12. The Labute approximate surface area is 160 Å². The van der Waals surface area contributed by atoms with Crippen molar-refractivity contribution in [3.63, 3.8) is 0 Å². The highest BCUT2D eigenvalue weighted by Crippen LogP contribution is 2.25.